The largest absolute Gasteiger partial charge is 0.417 e. The molecule has 0 radical (unpaired) electrons. The zero-order valence-corrected chi connectivity index (χ0v) is 22.7. The number of fused-ring (bicyclic) bond motifs is 3. The minimum absolute atomic E-state index is 0.00854. The third-order valence-corrected chi connectivity index (χ3v) is 7.94. The lowest BCUT2D eigenvalue weighted by Crippen LogP contribution is -2.52. The number of nitrogens with one attached hydrogen (secondary N) is 1. The van der Waals surface area contributed by atoms with Gasteiger partial charge in [0.15, 0.2) is 0 Å². The van der Waals surface area contributed by atoms with Crippen molar-refractivity contribution in [3.63, 3.8) is 0 Å². The van der Waals surface area contributed by atoms with E-state index < -0.39 is 41.1 Å². The number of pyridine rings is 1. The molecule has 1 saturated heterocycles. The summed E-state index contributed by atoms with van der Waals surface area (Å²) in [4.78, 5) is 47.3. The third kappa shape index (κ3) is 4.88. The number of rotatable bonds is 5. The number of anilines is 1. The van der Waals surface area contributed by atoms with Gasteiger partial charge in [0.25, 0.3) is 5.91 Å². The molecular formula is C30H28F3N5O3. The van der Waals surface area contributed by atoms with Gasteiger partial charge >= 0.3 is 6.18 Å². The molecular weight excluding hydrogens is 535 g/mol. The number of carbonyl (C=O) groups is 3. The van der Waals surface area contributed by atoms with E-state index in [1.807, 2.05) is 19.9 Å². The van der Waals surface area contributed by atoms with Crippen LogP contribution in [0.25, 0.3) is 10.9 Å². The highest BCUT2D eigenvalue weighted by Crippen LogP contribution is 2.46. The van der Waals surface area contributed by atoms with Crippen molar-refractivity contribution in [2.45, 2.75) is 50.4 Å². The molecule has 0 aliphatic carbocycles. The lowest BCUT2D eigenvalue weighted by molar-refractivity contribution is -0.138. The molecule has 2 aliphatic rings. The highest BCUT2D eigenvalue weighted by molar-refractivity contribution is 6.07. The van der Waals surface area contributed by atoms with Crippen molar-refractivity contribution < 1.29 is 27.6 Å². The predicted molar refractivity (Wildman–Crippen MR) is 145 cm³/mol. The summed E-state index contributed by atoms with van der Waals surface area (Å²) in [5.74, 6) is -1.31. The molecule has 8 nitrogen and oxygen atoms in total. The van der Waals surface area contributed by atoms with Gasteiger partial charge in [-0.3, -0.25) is 19.4 Å². The van der Waals surface area contributed by atoms with Crippen LogP contribution in [0.5, 0.6) is 0 Å². The van der Waals surface area contributed by atoms with Crippen LogP contribution in [-0.4, -0.2) is 58.2 Å². The molecule has 2 aromatic carbocycles. The van der Waals surface area contributed by atoms with E-state index in [1.165, 1.54) is 35.0 Å². The van der Waals surface area contributed by atoms with Gasteiger partial charge in [0, 0.05) is 42.8 Å². The smallest absolute Gasteiger partial charge is 0.330 e. The zero-order chi connectivity index (χ0) is 29.7. The highest BCUT2D eigenvalue weighted by Gasteiger charge is 2.56. The van der Waals surface area contributed by atoms with Gasteiger partial charge in [-0.25, -0.2) is 0 Å². The van der Waals surface area contributed by atoms with Gasteiger partial charge in [0.05, 0.1) is 22.6 Å². The molecule has 3 aromatic rings. The Balaban J connectivity index is 1.46. The van der Waals surface area contributed by atoms with Crippen LogP contribution < -0.4 is 5.32 Å². The summed E-state index contributed by atoms with van der Waals surface area (Å²) >= 11 is 0. The fourth-order valence-corrected chi connectivity index (χ4v) is 5.81. The summed E-state index contributed by atoms with van der Waals surface area (Å²) in [6, 6.07) is 12.7. The first-order valence-electron chi connectivity index (χ1n) is 13.2. The number of halogens is 3. The van der Waals surface area contributed by atoms with Crippen molar-refractivity contribution in [2.24, 2.45) is 5.92 Å². The maximum atomic E-state index is 14.1. The molecule has 1 fully saturated rings. The minimum atomic E-state index is -4.59. The molecule has 3 atom stereocenters. The van der Waals surface area contributed by atoms with Crippen LogP contribution in [0.1, 0.15) is 48.2 Å². The molecule has 0 bridgehead atoms. The number of amides is 3. The van der Waals surface area contributed by atoms with Crippen LogP contribution in [0, 0.1) is 17.2 Å². The molecule has 1 aromatic heterocycles. The van der Waals surface area contributed by atoms with E-state index >= 15 is 0 Å². The van der Waals surface area contributed by atoms with Gasteiger partial charge < -0.3 is 15.1 Å². The van der Waals surface area contributed by atoms with E-state index in [0.29, 0.717) is 11.2 Å². The summed E-state index contributed by atoms with van der Waals surface area (Å²) in [5.41, 5.74) is -0.233. The van der Waals surface area contributed by atoms with Crippen molar-refractivity contribution in [2.75, 3.05) is 18.9 Å². The molecule has 3 amide bonds. The highest BCUT2D eigenvalue weighted by atomic mass is 19.4. The zero-order valence-electron chi connectivity index (χ0n) is 22.7. The number of para-hydroxylation sites is 1. The monoisotopic (exact) mass is 563 g/mol. The SMILES string of the molecule is CC(C)C[C@@H](C(=O)N1C[C@]2(C[C@H]1C#N)C(=O)Nc1ccccc12)N(C)C(=O)c1ccc2ncc(C(F)(F)F)cc2c1. The van der Waals surface area contributed by atoms with Crippen LogP contribution in [0.15, 0.2) is 54.7 Å². The second-order valence-electron chi connectivity index (χ2n) is 11.1. The molecule has 11 heteroatoms. The van der Waals surface area contributed by atoms with Crippen molar-refractivity contribution in [3.8, 4) is 6.07 Å². The Morgan fingerprint density at radius 3 is 2.63 bits per heavy atom. The van der Waals surface area contributed by atoms with E-state index in [0.717, 1.165) is 17.8 Å². The van der Waals surface area contributed by atoms with Gasteiger partial charge in [0.2, 0.25) is 11.8 Å². The summed E-state index contributed by atoms with van der Waals surface area (Å²) in [5, 5.41) is 13.0. The lowest BCUT2D eigenvalue weighted by atomic mass is 9.80. The van der Waals surface area contributed by atoms with Gasteiger partial charge in [0.1, 0.15) is 12.1 Å². The Hall–Kier alpha value is -4.46. The first kappa shape index (κ1) is 28.1. The molecule has 2 aliphatic heterocycles. The Bertz CT molecular complexity index is 1600. The number of hydrogen-bond acceptors (Lipinski definition) is 5. The van der Waals surface area contributed by atoms with Crippen molar-refractivity contribution in [1.29, 1.82) is 5.26 Å². The fraction of sp³-hybridized carbons (Fsp3) is 0.367. The number of hydrogen-bond donors (Lipinski definition) is 1. The second kappa shape index (κ2) is 10.2. The Morgan fingerprint density at radius 2 is 1.95 bits per heavy atom. The normalized spacial score (nSPS) is 20.7. The van der Waals surface area contributed by atoms with E-state index in [-0.39, 0.29) is 42.2 Å². The number of aromatic nitrogens is 1. The molecule has 1 N–H and O–H groups in total. The van der Waals surface area contributed by atoms with Gasteiger partial charge in [-0.15, -0.1) is 0 Å². The summed E-state index contributed by atoms with van der Waals surface area (Å²) in [7, 11) is 1.46. The van der Waals surface area contributed by atoms with Crippen LogP contribution in [0.3, 0.4) is 0 Å². The Kier molecular flexibility index (Phi) is 6.97. The van der Waals surface area contributed by atoms with E-state index in [2.05, 4.69) is 16.4 Å². The first-order chi connectivity index (χ1) is 19.4. The molecule has 0 unspecified atom stereocenters. The predicted octanol–water partition coefficient (Wildman–Crippen LogP) is 4.75. The number of likely N-dealkylation sites (N-methyl/N-ethyl adjacent to an activating group) is 1. The standard InChI is InChI=1S/C30H28F3N5O3/c1-17(2)10-25(37(3)26(39)18-8-9-23-19(11-18)12-20(15-35-23)30(31,32)33)27(40)38-16-29(13-21(38)14-34)22-6-4-5-7-24(22)36-28(29)41/h4-9,11-12,15,17,21,25H,10,13,16H2,1-3H3,(H,36,41)/t21-,25-,29-/m0/s1. The topological polar surface area (TPSA) is 106 Å². The molecule has 5 rings (SSSR count). The number of nitriles is 1. The Labute approximate surface area is 234 Å². The number of nitrogens with zero attached hydrogens (tertiary/aromatic N) is 4. The number of benzene rings is 2. The fourth-order valence-electron chi connectivity index (χ4n) is 5.81. The third-order valence-electron chi connectivity index (χ3n) is 7.94. The van der Waals surface area contributed by atoms with Crippen molar-refractivity contribution >= 4 is 34.3 Å². The van der Waals surface area contributed by atoms with E-state index in [4.69, 9.17) is 0 Å². The average molecular weight is 564 g/mol. The molecule has 1 spiro atoms. The molecule has 3 heterocycles. The first-order valence-corrected chi connectivity index (χ1v) is 13.2. The van der Waals surface area contributed by atoms with Crippen molar-refractivity contribution in [1.82, 2.24) is 14.8 Å². The van der Waals surface area contributed by atoms with Crippen LogP contribution in [-0.2, 0) is 21.2 Å². The lowest BCUT2D eigenvalue weighted by Gasteiger charge is -2.33. The maximum Gasteiger partial charge on any atom is 0.417 e. The summed E-state index contributed by atoms with van der Waals surface area (Å²) in [6.45, 7) is 3.78. The number of alkyl halides is 3. The number of likely N-dealkylation sites (tertiary alicyclic amines) is 1. The maximum absolute atomic E-state index is 14.1. The summed E-state index contributed by atoms with van der Waals surface area (Å²) < 4.78 is 39.7. The van der Waals surface area contributed by atoms with E-state index in [1.54, 1.807) is 18.2 Å². The van der Waals surface area contributed by atoms with E-state index in [9.17, 15) is 32.8 Å². The quantitative estimate of drug-likeness (QED) is 0.482. The van der Waals surface area contributed by atoms with Crippen molar-refractivity contribution in [3.05, 3.63) is 71.4 Å². The second-order valence-corrected chi connectivity index (χ2v) is 11.1. The van der Waals surface area contributed by atoms with Gasteiger partial charge in [-0.05, 0) is 48.2 Å². The number of carbonyl (C=O) groups excluding carboxylic acids is 3. The molecule has 0 saturated carbocycles. The summed E-state index contributed by atoms with van der Waals surface area (Å²) in [6.07, 6.45) is -3.44. The van der Waals surface area contributed by atoms with Crippen LogP contribution >= 0.6 is 0 Å². The van der Waals surface area contributed by atoms with Gasteiger partial charge in [-0.1, -0.05) is 32.0 Å². The average Bonchev–Trinajstić information content (AvgIpc) is 3.47. The molecule has 41 heavy (non-hydrogen) atoms. The van der Waals surface area contributed by atoms with Gasteiger partial charge in [-0.2, -0.15) is 18.4 Å². The minimum Gasteiger partial charge on any atom is -0.330 e. The Morgan fingerprint density at radius 1 is 1.22 bits per heavy atom. The molecule has 212 valence electrons. The van der Waals surface area contributed by atoms with Crippen LogP contribution in [0.2, 0.25) is 0 Å². The van der Waals surface area contributed by atoms with Crippen LogP contribution in [0.4, 0.5) is 18.9 Å².